The number of rotatable bonds is 5. The van der Waals surface area contributed by atoms with E-state index in [1.807, 2.05) is 25.6 Å². The minimum absolute atomic E-state index is 0.0502. The lowest BCUT2D eigenvalue weighted by Gasteiger charge is -2.16. The molecule has 0 aliphatic rings. The van der Waals surface area contributed by atoms with Gasteiger partial charge in [0.05, 0.1) is 11.3 Å². The first-order chi connectivity index (χ1) is 12.6. The second-order valence-electron chi connectivity index (χ2n) is 6.17. The second kappa shape index (κ2) is 8.41. The average molecular weight is 385 g/mol. The summed E-state index contributed by atoms with van der Waals surface area (Å²) in [6.45, 7) is 4.33. The van der Waals surface area contributed by atoms with Gasteiger partial charge in [-0.25, -0.2) is 4.39 Å². The van der Waals surface area contributed by atoms with Crippen molar-refractivity contribution in [2.24, 2.45) is 12.0 Å². The largest absolute Gasteiger partial charge is 0.416 e. The highest BCUT2D eigenvalue weighted by Gasteiger charge is 2.33. The summed E-state index contributed by atoms with van der Waals surface area (Å²) in [5.41, 5.74) is 2.09. The monoisotopic (exact) mass is 385 g/mol. The van der Waals surface area contributed by atoms with E-state index in [0.29, 0.717) is 25.0 Å². The van der Waals surface area contributed by atoms with Crippen molar-refractivity contribution < 1.29 is 17.6 Å². The predicted molar refractivity (Wildman–Crippen MR) is 96.0 cm³/mol. The number of aryl methyl sites for hydroxylation is 2. The van der Waals surface area contributed by atoms with E-state index in [0.717, 1.165) is 29.1 Å². The van der Waals surface area contributed by atoms with Gasteiger partial charge >= 0.3 is 6.18 Å². The highest BCUT2D eigenvalue weighted by molar-refractivity contribution is 5.79. The van der Waals surface area contributed by atoms with Gasteiger partial charge in [0, 0.05) is 32.9 Å². The van der Waals surface area contributed by atoms with E-state index in [-0.39, 0.29) is 12.1 Å². The maximum atomic E-state index is 13.2. The molecule has 0 spiro atoms. The van der Waals surface area contributed by atoms with E-state index >= 15 is 0 Å². The van der Waals surface area contributed by atoms with Gasteiger partial charge in [-0.2, -0.15) is 18.3 Å². The van der Waals surface area contributed by atoms with Gasteiger partial charge in [0.1, 0.15) is 5.82 Å². The lowest BCUT2D eigenvalue weighted by molar-refractivity contribution is -0.138. The summed E-state index contributed by atoms with van der Waals surface area (Å²) in [6.07, 6.45) is -3.91. The van der Waals surface area contributed by atoms with E-state index in [1.165, 1.54) is 7.05 Å². The molecular weight excluding hydrogens is 362 g/mol. The molecule has 27 heavy (non-hydrogen) atoms. The highest BCUT2D eigenvalue weighted by Crippen LogP contribution is 2.32. The molecule has 0 aliphatic heterocycles. The topological polar surface area (TPSA) is 54.2 Å². The molecule has 0 radical (unpaired) electrons. The van der Waals surface area contributed by atoms with E-state index in [9.17, 15) is 17.6 Å². The molecule has 0 bridgehead atoms. The van der Waals surface area contributed by atoms with E-state index in [1.54, 1.807) is 0 Å². The van der Waals surface area contributed by atoms with Gasteiger partial charge in [-0.05, 0) is 43.5 Å². The number of alkyl halides is 3. The SMILES string of the molecule is CN=C(NCCc1c(C)nn(C)c1C)NCc1ccc(F)cc1C(F)(F)F. The van der Waals surface area contributed by atoms with Gasteiger partial charge in [0.15, 0.2) is 5.96 Å². The highest BCUT2D eigenvalue weighted by atomic mass is 19.4. The number of aromatic nitrogens is 2. The Labute approximate surface area is 155 Å². The summed E-state index contributed by atoms with van der Waals surface area (Å²) in [7, 11) is 3.41. The van der Waals surface area contributed by atoms with Crippen LogP contribution in [0.1, 0.15) is 28.1 Å². The molecule has 2 aromatic rings. The Morgan fingerprint density at radius 3 is 2.48 bits per heavy atom. The zero-order chi connectivity index (χ0) is 20.2. The minimum atomic E-state index is -4.62. The summed E-state index contributed by atoms with van der Waals surface area (Å²) in [5.74, 6) is -0.553. The van der Waals surface area contributed by atoms with Crippen LogP contribution in [0.5, 0.6) is 0 Å². The number of hydrogen-bond donors (Lipinski definition) is 2. The van der Waals surface area contributed by atoms with Crippen molar-refractivity contribution in [2.45, 2.75) is 33.0 Å². The van der Waals surface area contributed by atoms with Gasteiger partial charge in [-0.15, -0.1) is 0 Å². The Morgan fingerprint density at radius 2 is 1.93 bits per heavy atom. The van der Waals surface area contributed by atoms with E-state index in [2.05, 4.69) is 20.7 Å². The van der Waals surface area contributed by atoms with Crippen LogP contribution in [-0.2, 0) is 26.2 Å². The van der Waals surface area contributed by atoms with Crippen LogP contribution in [0.3, 0.4) is 0 Å². The molecule has 0 saturated carbocycles. The fourth-order valence-electron chi connectivity index (χ4n) is 2.85. The first-order valence-electron chi connectivity index (χ1n) is 8.42. The molecule has 0 aliphatic carbocycles. The van der Waals surface area contributed by atoms with Crippen molar-refractivity contribution in [3.8, 4) is 0 Å². The quantitative estimate of drug-likeness (QED) is 0.473. The number of nitrogens with zero attached hydrogens (tertiary/aromatic N) is 3. The van der Waals surface area contributed by atoms with Crippen LogP contribution < -0.4 is 10.6 Å². The first-order valence-corrected chi connectivity index (χ1v) is 8.42. The normalized spacial score (nSPS) is 12.4. The van der Waals surface area contributed by atoms with Crippen LogP contribution in [0.25, 0.3) is 0 Å². The van der Waals surface area contributed by atoms with E-state index in [4.69, 9.17) is 0 Å². The lowest BCUT2D eigenvalue weighted by atomic mass is 10.1. The Morgan fingerprint density at radius 1 is 1.22 bits per heavy atom. The fraction of sp³-hybridized carbons (Fsp3) is 0.444. The molecule has 1 aromatic heterocycles. The fourth-order valence-corrected chi connectivity index (χ4v) is 2.85. The molecule has 0 amide bonds. The summed E-state index contributed by atoms with van der Waals surface area (Å²) in [5, 5.41) is 10.3. The molecule has 148 valence electrons. The molecule has 0 unspecified atom stereocenters. The molecule has 5 nitrogen and oxygen atoms in total. The number of aliphatic imine (C=N–C) groups is 1. The van der Waals surface area contributed by atoms with Gasteiger partial charge in [-0.1, -0.05) is 6.07 Å². The van der Waals surface area contributed by atoms with Crippen molar-refractivity contribution in [3.63, 3.8) is 0 Å². The second-order valence-corrected chi connectivity index (χ2v) is 6.17. The van der Waals surface area contributed by atoms with Gasteiger partial charge in [-0.3, -0.25) is 9.67 Å². The third kappa shape index (κ3) is 5.21. The maximum Gasteiger partial charge on any atom is 0.416 e. The van der Waals surface area contributed by atoms with Gasteiger partial charge in [0.25, 0.3) is 0 Å². The van der Waals surface area contributed by atoms with Crippen LogP contribution in [-0.4, -0.2) is 29.3 Å². The molecule has 1 heterocycles. The Kier molecular flexibility index (Phi) is 6.45. The Hall–Kier alpha value is -2.58. The van der Waals surface area contributed by atoms with Gasteiger partial charge < -0.3 is 10.6 Å². The zero-order valence-electron chi connectivity index (χ0n) is 15.7. The summed E-state index contributed by atoms with van der Waals surface area (Å²) >= 11 is 0. The first kappa shape index (κ1) is 20.7. The summed E-state index contributed by atoms with van der Waals surface area (Å²) in [4.78, 5) is 4.01. The Bertz CT molecular complexity index is 824. The zero-order valence-corrected chi connectivity index (χ0v) is 15.7. The average Bonchev–Trinajstić information content (AvgIpc) is 2.83. The van der Waals surface area contributed by atoms with Crippen LogP contribution >= 0.6 is 0 Å². The molecular formula is C18H23F4N5. The number of halogens is 4. The van der Waals surface area contributed by atoms with Crippen molar-refractivity contribution in [2.75, 3.05) is 13.6 Å². The molecule has 2 rings (SSSR count). The maximum absolute atomic E-state index is 13.2. The predicted octanol–water partition coefficient (Wildman–Crippen LogP) is 3.10. The third-order valence-corrected chi connectivity index (χ3v) is 4.37. The molecule has 0 saturated heterocycles. The number of guanidine groups is 1. The molecule has 0 atom stereocenters. The smallest absolute Gasteiger partial charge is 0.356 e. The Balaban J connectivity index is 1.97. The van der Waals surface area contributed by atoms with Crippen LogP contribution in [0.2, 0.25) is 0 Å². The van der Waals surface area contributed by atoms with Crippen LogP contribution in [0, 0.1) is 19.7 Å². The number of nitrogens with one attached hydrogen (secondary N) is 2. The van der Waals surface area contributed by atoms with Crippen LogP contribution in [0.4, 0.5) is 17.6 Å². The molecule has 0 fully saturated rings. The third-order valence-electron chi connectivity index (χ3n) is 4.37. The number of hydrogen-bond acceptors (Lipinski definition) is 2. The van der Waals surface area contributed by atoms with Crippen molar-refractivity contribution >= 4 is 5.96 Å². The van der Waals surface area contributed by atoms with E-state index < -0.39 is 17.6 Å². The standard InChI is InChI=1S/C18H23F4N5/c1-11-15(12(2)27(4)26-11)7-8-24-17(23-3)25-10-13-5-6-14(19)9-16(13)18(20,21)22/h5-6,9H,7-8,10H2,1-4H3,(H2,23,24,25). The van der Waals surface area contributed by atoms with Crippen molar-refractivity contribution in [3.05, 3.63) is 52.1 Å². The minimum Gasteiger partial charge on any atom is -0.356 e. The van der Waals surface area contributed by atoms with Gasteiger partial charge in [0.2, 0.25) is 0 Å². The summed E-state index contributed by atoms with van der Waals surface area (Å²) in [6, 6.07) is 2.64. The molecule has 9 heteroatoms. The summed E-state index contributed by atoms with van der Waals surface area (Å²) < 4.78 is 54.1. The number of benzene rings is 1. The lowest BCUT2D eigenvalue weighted by Crippen LogP contribution is -2.38. The van der Waals surface area contributed by atoms with Crippen LogP contribution in [0.15, 0.2) is 23.2 Å². The molecule has 1 aromatic carbocycles. The molecule has 2 N–H and O–H groups in total. The van der Waals surface area contributed by atoms with Crippen molar-refractivity contribution in [1.29, 1.82) is 0 Å². The van der Waals surface area contributed by atoms with Crippen molar-refractivity contribution in [1.82, 2.24) is 20.4 Å².